The lowest BCUT2D eigenvalue weighted by Gasteiger charge is -2.07. The predicted molar refractivity (Wildman–Crippen MR) is 80.6 cm³/mol. The Kier molecular flexibility index (Phi) is 4.10. The molecule has 0 spiro atoms. The van der Waals surface area contributed by atoms with Gasteiger partial charge in [0.2, 0.25) is 5.91 Å². The number of methoxy groups -OCH3 is 1. The number of anilines is 1. The first-order valence-electron chi connectivity index (χ1n) is 6.72. The van der Waals surface area contributed by atoms with Crippen molar-refractivity contribution in [2.75, 3.05) is 18.2 Å². The summed E-state index contributed by atoms with van der Waals surface area (Å²) < 4.78 is 7.17. The van der Waals surface area contributed by atoms with Gasteiger partial charge in [-0.3, -0.25) is 4.79 Å². The number of rotatable bonds is 6. The van der Waals surface area contributed by atoms with Crippen LogP contribution in [0.2, 0.25) is 0 Å². The maximum Gasteiger partial charge on any atom is 0.234 e. The molecule has 0 unspecified atom stereocenters. The summed E-state index contributed by atoms with van der Waals surface area (Å²) in [5, 5.41) is 11.6. The van der Waals surface area contributed by atoms with Crippen LogP contribution in [0.5, 0.6) is 5.75 Å². The van der Waals surface area contributed by atoms with E-state index < -0.39 is 0 Å². The highest BCUT2D eigenvalue weighted by molar-refractivity contribution is 7.99. The topological polar surface area (TPSA) is 69.0 Å². The molecule has 110 valence electrons. The maximum absolute atomic E-state index is 12.0. The van der Waals surface area contributed by atoms with Crippen molar-refractivity contribution in [1.29, 1.82) is 0 Å². The van der Waals surface area contributed by atoms with Crippen LogP contribution in [0.25, 0.3) is 0 Å². The summed E-state index contributed by atoms with van der Waals surface area (Å²) in [4.78, 5) is 12.0. The molecule has 2 aromatic rings. The largest absolute Gasteiger partial charge is 0.497 e. The maximum atomic E-state index is 12.0. The van der Waals surface area contributed by atoms with Crippen molar-refractivity contribution < 1.29 is 9.53 Å². The molecule has 0 saturated heterocycles. The number of ether oxygens (including phenoxy) is 1. The lowest BCUT2D eigenvalue weighted by Crippen LogP contribution is -2.14. The Morgan fingerprint density at radius 1 is 1.52 bits per heavy atom. The van der Waals surface area contributed by atoms with Crippen molar-refractivity contribution in [2.24, 2.45) is 0 Å². The highest BCUT2D eigenvalue weighted by Crippen LogP contribution is 2.37. The molecule has 1 amide bonds. The average Bonchev–Trinajstić information content (AvgIpc) is 3.24. The normalized spacial score (nSPS) is 14.0. The van der Waals surface area contributed by atoms with E-state index in [0.717, 1.165) is 10.8 Å². The van der Waals surface area contributed by atoms with Crippen molar-refractivity contribution in [3.8, 4) is 5.75 Å². The Morgan fingerprint density at radius 2 is 2.38 bits per heavy atom. The quantitative estimate of drug-likeness (QED) is 0.830. The van der Waals surface area contributed by atoms with Gasteiger partial charge < -0.3 is 14.6 Å². The zero-order valence-corrected chi connectivity index (χ0v) is 12.5. The minimum atomic E-state index is -0.0707. The fourth-order valence-electron chi connectivity index (χ4n) is 1.97. The minimum Gasteiger partial charge on any atom is -0.497 e. The van der Waals surface area contributed by atoms with E-state index in [1.807, 2.05) is 22.8 Å². The summed E-state index contributed by atoms with van der Waals surface area (Å²) >= 11 is 1.41. The number of benzene rings is 1. The van der Waals surface area contributed by atoms with E-state index in [4.69, 9.17) is 4.74 Å². The number of nitrogens with one attached hydrogen (secondary N) is 1. The van der Waals surface area contributed by atoms with Gasteiger partial charge in [-0.15, -0.1) is 10.2 Å². The molecule has 1 heterocycles. The van der Waals surface area contributed by atoms with Crippen LogP contribution in [0.1, 0.15) is 18.9 Å². The number of nitrogens with zero attached hydrogens (tertiary/aromatic N) is 3. The first kappa shape index (κ1) is 13.9. The van der Waals surface area contributed by atoms with Gasteiger partial charge in [-0.25, -0.2) is 0 Å². The first-order valence-corrected chi connectivity index (χ1v) is 7.71. The lowest BCUT2D eigenvalue weighted by molar-refractivity contribution is -0.113. The predicted octanol–water partition coefficient (Wildman–Crippen LogP) is 2.35. The van der Waals surface area contributed by atoms with Gasteiger partial charge in [0.05, 0.1) is 12.9 Å². The number of thioether (sulfide) groups is 1. The van der Waals surface area contributed by atoms with Gasteiger partial charge in [0.25, 0.3) is 0 Å². The van der Waals surface area contributed by atoms with E-state index in [-0.39, 0.29) is 5.91 Å². The van der Waals surface area contributed by atoms with Gasteiger partial charge in [0.1, 0.15) is 12.1 Å². The highest BCUT2D eigenvalue weighted by Gasteiger charge is 2.26. The van der Waals surface area contributed by atoms with E-state index in [1.54, 1.807) is 19.5 Å². The van der Waals surface area contributed by atoms with Crippen LogP contribution >= 0.6 is 11.8 Å². The number of amides is 1. The third kappa shape index (κ3) is 3.55. The Morgan fingerprint density at radius 3 is 3.14 bits per heavy atom. The summed E-state index contributed by atoms with van der Waals surface area (Å²) in [5.41, 5.74) is 0.726. The lowest BCUT2D eigenvalue weighted by atomic mass is 10.3. The molecule has 1 N–H and O–H groups in total. The number of carbonyl (C=O) groups excluding carboxylic acids is 1. The zero-order valence-electron chi connectivity index (χ0n) is 11.7. The molecule has 0 atom stereocenters. The second-order valence-corrected chi connectivity index (χ2v) is 5.76. The summed E-state index contributed by atoms with van der Waals surface area (Å²) in [6.45, 7) is 0. The van der Waals surface area contributed by atoms with E-state index in [0.29, 0.717) is 17.5 Å². The standard InChI is InChI=1S/C14H16N4O2S/c1-20-12-4-2-3-10(7-12)16-13(19)8-21-14-17-15-9-18(14)11-5-6-11/h2-4,7,9,11H,5-6,8H2,1H3,(H,16,19). The fraction of sp³-hybridized carbons (Fsp3) is 0.357. The van der Waals surface area contributed by atoms with Crippen LogP contribution in [0.3, 0.4) is 0 Å². The van der Waals surface area contributed by atoms with Crippen molar-refractivity contribution in [3.63, 3.8) is 0 Å². The van der Waals surface area contributed by atoms with Crippen LogP contribution in [-0.4, -0.2) is 33.5 Å². The van der Waals surface area contributed by atoms with Gasteiger partial charge >= 0.3 is 0 Å². The van der Waals surface area contributed by atoms with Gasteiger partial charge in [-0.2, -0.15) is 0 Å². The molecule has 1 fully saturated rings. The summed E-state index contributed by atoms with van der Waals surface area (Å²) in [5.74, 6) is 0.954. The van der Waals surface area contributed by atoms with Crippen LogP contribution in [-0.2, 0) is 4.79 Å². The second kappa shape index (κ2) is 6.17. The van der Waals surface area contributed by atoms with Crippen LogP contribution in [0.4, 0.5) is 5.69 Å². The molecule has 1 aromatic heterocycles. The molecule has 1 aliphatic carbocycles. The molecular weight excluding hydrogens is 288 g/mol. The zero-order chi connectivity index (χ0) is 14.7. The van der Waals surface area contributed by atoms with Crippen molar-refractivity contribution in [2.45, 2.75) is 24.0 Å². The van der Waals surface area contributed by atoms with Gasteiger partial charge in [-0.05, 0) is 25.0 Å². The minimum absolute atomic E-state index is 0.0707. The molecule has 0 radical (unpaired) electrons. The Hall–Kier alpha value is -2.02. The number of hydrogen-bond donors (Lipinski definition) is 1. The Labute approximate surface area is 126 Å². The van der Waals surface area contributed by atoms with Crippen LogP contribution in [0, 0.1) is 0 Å². The van der Waals surface area contributed by atoms with Crippen LogP contribution in [0.15, 0.2) is 35.7 Å². The van der Waals surface area contributed by atoms with Crippen molar-refractivity contribution >= 4 is 23.4 Å². The van der Waals surface area contributed by atoms with E-state index in [2.05, 4.69) is 15.5 Å². The fourth-order valence-corrected chi connectivity index (χ4v) is 2.75. The molecule has 1 aromatic carbocycles. The van der Waals surface area contributed by atoms with E-state index >= 15 is 0 Å². The smallest absolute Gasteiger partial charge is 0.234 e. The van der Waals surface area contributed by atoms with Gasteiger partial charge in [0.15, 0.2) is 5.16 Å². The molecule has 0 aliphatic heterocycles. The molecule has 7 heteroatoms. The molecule has 6 nitrogen and oxygen atoms in total. The third-order valence-corrected chi connectivity index (χ3v) is 4.12. The third-order valence-electron chi connectivity index (χ3n) is 3.17. The SMILES string of the molecule is COc1cccc(NC(=O)CSc2nncn2C2CC2)c1. The number of aromatic nitrogens is 3. The average molecular weight is 304 g/mol. The molecule has 21 heavy (non-hydrogen) atoms. The monoisotopic (exact) mass is 304 g/mol. The first-order chi connectivity index (χ1) is 10.3. The van der Waals surface area contributed by atoms with E-state index in [9.17, 15) is 4.79 Å². The molecule has 0 bridgehead atoms. The van der Waals surface area contributed by atoms with Crippen LogP contribution < -0.4 is 10.1 Å². The van der Waals surface area contributed by atoms with Gasteiger partial charge in [-0.1, -0.05) is 17.8 Å². The summed E-state index contributed by atoms with van der Waals surface area (Å²) in [6.07, 6.45) is 4.07. The molecule has 3 rings (SSSR count). The Bertz CT molecular complexity index is 639. The molecular formula is C14H16N4O2S. The summed E-state index contributed by atoms with van der Waals surface area (Å²) in [6, 6.07) is 7.81. The molecule has 1 saturated carbocycles. The summed E-state index contributed by atoms with van der Waals surface area (Å²) in [7, 11) is 1.60. The number of hydrogen-bond acceptors (Lipinski definition) is 5. The Balaban J connectivity index is 1.55. The van der Waals surface area contributed by atoms with Crippen molar-refractivity contribution in [1.82, 2.24) is 14.8 Å². The number of carbonyl (C=O) groups is 1. The van der Waals surface area contributed by atoms with Crippen molar-refractivity contribution in [3.05, 3.63) is 30.6 Å². The highest BCUT2D eigenvalue weighted by atomic mass is 32.2. The second-order valence-electron chi connectivity index (χ2n) is 4.82. The molecule has 1 aliphatic rings. The van der Waals surface area contributed by atoms with Gasteiger partial charge in [0, 0.05) is 17.8 Å². The van der Waals surface area contributed by atoms with E-state index in [1.165, 1.54) is 24.6 Å².